The minimum absolute atomic E-state index is 0.0169. The van der Waals surface area contributed by atoms with Crippen molar-refractivity contribution in [3.8, 4) is 0 Å². The number of amides is 1. The number of carbonyl (C=O) groups excluding carboxylic acids is 1. The van der Waals surface area contributed by atoms with Crippen molar-refractivity contribution in [1.29, 1.82) is 0 Å². The summed E-state index contributed by atoms with van der Waals surface area (Å²) < 4.78 is 66.5. The fourth-order valence-corrected chi connectivity index (χ4v) is 5.41. The van der Waals surface area contributed by atoms with Crippen molar-refractivity contribution in [1.82, 2.24) is 9.21 Å². The number of halogens is 3. The van der Waals surface area contributed by atoms with E-state index in [1.807, 2.05) is 4.90 Å². The summed E-state index contributed by atoms with van der Waals surface area (Å²) in [6.45, 7) is 0.663. The van der Waals surface area contributed by atoms with Gasteiger partial charge >= 0.3 is 0 Å². The molecular weight excluding hydrogens is 429 g/mol. The van der Waals surface area contributed by atoms with Gasteiger partial charge in [-0.15, -0.1) is 0 Å². The van der Waals surface area contributed by atoms with Crippen LogP contribution in [0.25, 0.3) is 0 Å². The van der Waals surface area contributed by atoms with Gasteiger partial charge in [-0.3, -0.25) is 4.79 Å². The van der Waals surface area contributed by atoms with Crippen LogP contribution in [0.15, 0.2) is 47.4 Å². The van der Waals surface area contributed by atoms with E-state index in [2.05, 4.69) is 0 Å². The molecule has 2 aliphatic rings. The molecule has 5 nitrogen and oxygen atoms in total. The van der Waals surface area contributed by atoms with Gasteiger partial charge in [0.2, 0.25) is 15.9 Å². The largest absolute Gasteiger partial charge is 0.335 e. The van der Waals surface area contributed by atoms with Crippen LogP contribution in [-0.4, -0.2) is 42.7 Å². The first kappa shape index (κ1) is 21.8. The van der Waals surface area contributed by atoms with Crippen LogP contribution in [0.1, 0.15) is 31.2 Å². The van der Waals surface area contributed by atoms with Crippen molar-refractivity contribution in [3.63, 3.8) is 0 Å². The molecule has 1 aliphatic heterocycles. The Morgan fingerprint density at radius 3 is 2.16 bits per heavy atom. The average molecular weight is 452 g/mol. The molecule has 0 unspecified atom stereocenters. The molecule has 0 bridgehead atoms. The maximum atomic E-state index is 13.5. The van der Waals surface area contributed by atoms with Crippen LogP contribution < -0.4 is 0 Å². The van der Waals surface area contributed by atoms with Gasteiger partial charge in [-0.2, -0.15) is 4.31 Å². The van der Waals surface area contributed by atoms with E-state index in [1.54, 1.807) is 12.1 Å². The molecular formula is C22H23F3N2O3S. The first-order chi connectivity index (χ1) is 14.8. The summed E-state index contributed by atoms with van der Waals surface area (Å²) in [6, 6.07) is 8.74. The molecule has 0 radical (unpaired) electrons. The highest BCUT2D eigenvalue weighted by Crippen LogP contribution is 2.33. The van der Waals surface area contributed by atoms with E-state index in [-0.39, 0.29) is 41.7 Å². The fraction of sp³-hybridized carbons (Fsp3) is 0.409. The standard InChI is InChI=1S/C22H23F3N2O3S/c23-17-3-1-15(2-4-17)14-27(18-5-6-18)22(28)16-9-11-26(12-10-16)31(29,30)19-7-8-20(24)21(25)13-19/h1-4,7-8,13,16,18H,5-6,9-12,14H2. The van der Waals surface area contributed by atoms with E-state index < -0.39 is 21.7 Å². The minimum Gasteiger partial charge on any atom is -0.335 e. The molecule has 0 atom stereocenters. The van der Waals surface area contributed by atoms with Crippen molar-refractivity contribution in [2.75, 3.05) is 13.1 Å². The highest BCUT2D eigenvalue weighted by molar-refractivity contribution is 7.89. The molecule has 0 aromatic heterocycles. The molecule has 2 aromatic rings. The minimum atomic E-state index is -3.96. The summed E-state index contributed by atoms with van der Waals surface area (Å²) in [4.78, 5) is 14.7. The van der Waals surface area contributed by atoms with Gasteiger partial charge in [0.25, 0.3) is 0 Å². The van der Waals surface area contributed by atoms with Crippen LogP contribution in [-0.2, 0) is 21.4 Å². The predicted molar refractivity (Wildman–Crippen MR) is 108 cm³/mol. The summed E-state index contributed by atoms with van der Waals surface area (Å²) in [6.07, 6.45) is 2.56. The summed E-state index contributed by atoms with van der Waals surface area (Å²) in [5, 5.41) is 0. The fourth-order valence-electron chi connectivity index (χ4n) is 3.92. The Hall–Kier alpha value is -2.39. The maximum Gasteiger partial charge on any atom is 0.243 e. The lowest BCUT2D eigenvalue weighted by Crippen LogP contribution is -2.44. The summed E-state index contributed by atoms with van der Waals surface area (Å²) in [7, 11) is -3.96. The Labute approximate surface area is 179 Å². The van der Waals surface area contributed by atoms with Crippen molar-refractivity contribution in [2.24, 2.45) is 5.92 Å². The highest BCUT2D eigenvalue weighted by Gasteiger charge is 2.38. The molecule has 0 N–H and O–H groups in total. The van der Waals surface area contributed by atoms with Crippen LogP contribution in [0.4, 0.5) is 13.2 Å². The van der Waals surface area contributed by atoms with Crippen molar-refractivity contribution < 1.29 is 26.4 Å². The molecule has 2 aromatic carbocycles. The van der Waals surface area contributed by atoms with Gasteiger partial charge < -0.3 is 4.90 Å². The lowest BCUT2D eigenvalue weighted by molar-refractivity contribution is -0.138. The molecule has 1 saturated heterocycles. The molecule has 1 heterocycles. The third-order valence-corrected chi connectivity index (χ3v) is 7.76. The first-order valence-corrected chi connectivity index (χ1v) is 11.7. The normalized spacial score (nSPS) is 18.2. The monoisotopic (exact) mass is 452 g/mol. The van der Waals surface area contributed by atoms with Crippen molar-refractivity contribution in [3.05, 3.63) is 65.5 Å². The Bertz CT molecular complexity index is 1060. The molecule has 1 saturated carbocycles. The van der Waals surface area contributed by atoms with Crippen LogP contribution >= 0.6 is 0 Å². The summed E-state index contributed by atoms with van der Waals surface area (Å²) >= 11 is 0. The smallest absolute Gasteiger partial charge is 0.243 e. The number of hydrogen-bond donors (Lipinski definition) is 0. The number of sulfonamides is 1. The van der Waals surface area contributed by atoms with Gasteiger partial charge in [-0.1, -0.05) is 12.1 Å². The number of carbonyl (C=O) groups is 1. The maximum absolute atomic E-state index is 13.5. The van der Waals surface area contributed by atoms with Crippen molar-refractivity contribution in [2.45, 2.75) is 43.2 Å². The first-order valence-electron chi connectivity index (χ1n) is 10.3. The van der Waals surface area contributed by atoms with Gasteiger partial charge in [-0.25, -0.2) is 21.6 Å². The SMILES string of the molecule is O=C(C1CCN(S(=O)(=O)c2ccc(F)c(F)c2)CC1)N(Cc1ccc(F)cc1)C1CC1. The number of benzene rings is 2. The van der Waals surface area contributed by atoms with Gasteiger partial charge in [0.1, 0.15) is 5.82 Å². The molecule has 166 valence electrons. The van der Waals surface area contributed by atoms with Gasteiger partial charge in [0, 0.05) is 31.6 Å². The van der Waals surface area contributed by atoms with Gasteiger partial charge in [-0.05, 0) is 61.6 Å². The zero-order valence-electron chi connectivity index (χ0n) is 16.8. The van der Waals surface area contributed by atoms with E-state index in [0.29, 0.717) is 25.5 Å². The summed E-state index contributed by atoms with van der Waals surface area (Å²) in [5.74, 6) is -2.98. The Kier molecular flexibility index (Phi) is 6.07. The number of piperidine rings is 1. The number of rotatable bonds is 6. The Morgan fingerprint density at radius 2 is 1.58 bits per heavy atom. The van der Waals surface area contributed by atoms with Crippen LogP contribution in [0, 0.1) is 23.4 Å². The van der Waals surface area contributed by atoms with Crippen LogP contribution in [0.2, 0.25) is 0 Å². The Balaban J connectivity index is 1.41. The van der Waals surface area contributed by atoms with Gasteiger partial charge in [0.15, 0.2) is 11.6 Å². The van der Waals surface area contributed by atoms with Gasteiger partial charge in [0.05, 0.1) is 4.90 Å². The molecule has 0 spiro atoms. The lowest BCUT2D eigenvalue weighted by atomic mass is 9.96. The second kappa shape index (κ2) is 8.63. The second-order valence-electron chi connectivity index (χ2n) is 8.08. The third kappa shape index (κ3) is 4.77. The predicted octanol–water partition coefficient (Wildman–Crippen LogP) is 3.70. The van der Waals surface area contributed by atoms with E-state index in [0.717, 1.165) is 30.5 Å². The number of hydrogen-bond acceptors (Lipinski definition) is 3. The topological polar surface area (TPSA) is 57.7 Å². The second-order valence-corrected chi connectivity index (χ2v) is 10.0. The van der Waals surface area contributed by atoms with Crippen LogP contribution in [0.5, 0.6) is 0 Å². The van der Waals surface area contributed by atoms with Crippen LogP contribution in [0.3, 0.4) is 0 Å². The molecule has 1 amide bonds. The quantitative estimate of drug-likeness (QED) is 0.672. The average Bonchev–Trinajstić information content (AvgIpc) is 3.60. The van der Waals surface area contributed by atoms with Crippen molar-refractivity contribution >= 4 is 15.9 Å². The van der Waals surface area contributed by atoms with E-state index in [4.69, 9.17) is 0 Å². The molecule has 4 rings (SSSR count). The van der Waals surface area contributed by atoms with E-state index >= 15 is 0 Å². The molecule has 31 heavy (non-hydrogen) atoms. The summed E-state index contributed by atoms with van der Waals surface area (Å²) in [5.41, 5.74) is 0.847. The van der Waals surface area contributed by atoms with E-state index in [9.17, 15) is 26.4 Å². The van der Waals surface area contributed by atoms with E-state index in [1.165, 1.54) is 16.4 Å². The highest BCUT2D eigenvalue weighted by atomic mass is 32.2. The Morgan fingerprint density at radius 1 is 0.935 bits per heavy atom. The number of nitrogens with zero attached hydrogens (tertiary/aromatic N) is 2. The lowest BCUT2D eigenvalue weighted by Gasteiger charge is -2.34. The zero-order valence-corrected chi connectivity index (χ0v) is 17.6. The molecule has 9 heteroatoms. The third-order valence-electron chi connectivity index (χ3n) is 5.87. The molecule has 2 fully saturated rings. The zero-order chi connectivity index (χ0) is 22.2. The molecule has 1 aliphatic carbocycles.